The fourth-order valence-corrected chi connectivity index (χ4v) is 5.00. The van der Waals surface area contributed by atoms with Gasteiger partial charge in [0.05, 0.1) is 34.8 Å². The summed E-state index contributed by atoms with van der Waals surface area (Å²) in [6.07, 6.45) is 1.29. The summed E-state index contributed by atoms with van der Waals surface area (Å²) in [5, 5.41) is 22.9. The molecule has 0 radical (unpaired) electrons. The molecule has 0 fully saturated rings. The number of thiazole rings is 1. The van der Waals surface area contributed by atoms with Crippen molar-refractivity contribution < 1.29 is 15.0 Å². The molecule has 0 atom stereocenters. The first-order valence-electron chi connectivity index (χ1n) is 10.9. The van der Waals surface area contributed by atoms with Crippen molar-refractivity contribution in [2.24, 2.45) is 0 Å². The lowest BCUT2D eigenvalue weighted by atomic mass is 10.0. The molecule has 0 aliphatic heterocycles. The van der Waals surface area contributed by atoms with E-state index in [4.69, 9.17) is 11.6 Å². The number of hydrogen-bond donors (Lipinski definition) is 2. The van der Waals surface area contributed by atoms with Crippen LogP contribution in [0.15, 0.2) is 58.7 Å². The van der Waals surface area contributed by atoms with Crippen molar-refractivity contribution in [1.29, 1.82) is 0 Å². The van der Waals surface area contributed by atoms with Crippen molar-refractivity contribution in [3.05, 3.63) is 91.7 Å². The third kappa shape index (κ3) is 4.30. The zero-order chi connectivity index (χ0) is 24.4. The van der Waals surface area contributed by atoms with E-state index >= 15 is 0 Å². The molecule has 0 unspecified atom stereocenters. The van der Waals surface area contributed by atoms with Crippen LogP contribution in [0, 0.1) is 0 Å². The van der Waals surface area contributed by atoms with Gasteiger partial charge in [-0.15, -0.1) is 11.3 Å². The summed E-state index contributed by atoms with van der Waals surface area (Å²) in [6.45, 7) is 3.36. The normalized spacial score (nSPS) is 11.1. The monoisotopic (exact) mass is 494 g/mol. The predicted molar refractivity (Wildman–Crippen MR) is 135 cm³/mol. The third-order valence-electron chi connectivity index (χ3n) is 5.75. The van der Waals surface area contributed by atoms with Crippen molar-refractivity contribution >= 4 is 28.9 Å². The van der Waals surface area contributed by atoms with Crippen molar-refractivity contribution in [1.82, 2.24) is 9.55 Å². The van der Waals surface area contributed by atoms with Gasteiger partial charge in [0.2, 0.25) is 0 Å². The Hall–Kier alpha value is -3.26. The number of carboxylic acid groups (broad SMARTS) is 1. The van der Waals surface area contributed by atoms with Gasteiger partial charge in [0.1, 0.15) is 5.01 Å². The molecule has 174 valence electrons. The zero-order valence-electron chi connectivity index (χ0n) is 18.7. The number of aryl methyl sites for hydroxylation is 2. The number of carboxylic acids is 1. The summed E-state index contributed by atoms with van der Waals surface area (Å²) >= 11 is 7.24. The molecular formula is C26H23ClN2O4S. The Morgan fingerprint density at radius 2 is 1.74 bits per heavy atom. The SMILES string of the molecule is CCc1cccc(CC)c1-n1c(CO)c(C(=O)O)cc(-c2nc(-c3ccc(Cl)cc3)cs2)c1=O. The van der Waals surface area contributed by atoms with Gasteiger partial charge in [0, 0.05) is 16.0 Å². The number of aliphatic hydroxyl groups is 1. The van der Waals surface area contributed by atoms with E-state index in [1.807, 2.05) is 49.6 Å². The largest absolute Gasteiger partial charge is 0.478 e. The number of para-hydroxylation sites is 1. The lowest BCUT2D eigenvalue weighted by Gasteiger charge is -2.21. The molecule has 2 aromatic carbocycles. The van der Waals surface area contributed by atoms with E-state index in [-0.39, 0.29) is 16.8 Å². The van der Waals surface area contributed by atoms with Crippen LogP contribution < -0.4 is 5.56 Å². The summed E-state index contributed by atoms with van der Waals surface area (Å²) in [5.74, 6) is -1.22. The number of carbonyl (C=O) groups is 1. The molecule has 4 rings (SSSR count). The molecule has 4 aromatic rings. The van der Waals surface area contributed by atoms with E-state index in [2.05, 4.69) is 4.98 Å². The molecule has 0 aliphatic rings. The highest BCUT2D eigenvalue weighted by Gasteiger charge is 2.24. The zero-order valence-corrected chi connectivity index (χ0v) is 20.3. The molecule has 2 N–H and O–H groups in total. The number of pyridine rings is 1. The van der Waals surface area contributed by atoms with Gasteiger partial charge in [-0.2, -0.15) is 0 Å². The van der Waals surface area contributed by atoms with E-state index < -0.39 is 18.1 Å². The topological polar surface area (TPSA) is 92.4 Å². The first kappa shape index (κ1) is 23.9. The van der Waals surface area contributed by atoms with E-state index in [9.17, 15) is 19.8 Å². The molecule has 0 aliphatic carbocycles. The Morgan fingerprint density at radius 3 is 2.29 bits per heavy atom. The van der Waals surface area contributed by atoms with Gasteiger partial charge in [-0.25, -0.2) is 9.78 Å². The Bertz CT molecular complexity index is 1400. The molecular weight excluding hydrogens is 472 g/mol. The second kappa shape index (κ2) is 9.93. The number of aromatic carboxylic acids is 1. The minimum absolute atomic E-state index is 0.0475. The molecule has 0 bridgehead atoms. The first-order chi connectivity index (χ1) is 16.4. The molecule has 0 saturated carbocycles. The number of rotatable bonds is 7. The van der Waals surface area contributed by atoms with Crippen LogP contribution in [0.3, 0.4) is 0 Å². The number of aliphatic hydroxyl groups excluding tert-OH is 1. The maximum atomic E-state index is 13.9. The van der Waals surface area contributed by atoms with Crippen LogP contribution in [0.4, 0.5) is 0 Å². The summed E-state index contributed by atoms with van der Waals surface area (Å²) < 4.78 is 1.36. The van der Waals surface area contributed by atoms with E-state index in [1.54, 1.807) is 12.1 Å². The highest BCUT2D eigenvalue weighted by atomic mass is 35.5. The third-order valence-corrected chi connectivity index (χ3v) is 6.87. The van der Waals surface area contributed by atoms with Crippen LogP contribution in [0.25, 0.3) is 27.5 Å². The van der Waals surface area contributed by atoms with Gasteiger partial charge >= 0.3 is 5.97 Å². The van der Waals surface area contributed by atoms with Gasteiger partial charge in [0.25, 0.3) is 5.56 Å². The highest BCUT2D eigenvalue weighted by molar-refractivity contribution is 7.13. The molecule has 8 heteroatoms. The maximum Gasteiger partial charge on any atom is 0.337 e. The lowest BCUT2D eigenvalue weighted by Crippen LogP contribution is -2.28. The fraction of sp³-hybridized carbons (Fsp3) is 0.192. The van der Waals surface area contributed by atoms with E-state index in [0.717, 1.165) is 16.7 Å². The van der Waals surface area contributed by atoms with Crippen LogP contribution in [0.2, 0.25) is 5.02 Å². The molecule has 0 spiro atoms. The fourth-order valence-electron chi connectivity index (χ4n) is 4.04. The van der Waals surface area contributed by atoms with E-state index in [0.29, 0.717) is 34.3 Å². The van der Waals surface area contributed by atoms with Crippen LogP contribution in [0.5, 0.6) is 0 Å². The smallest absolute Gasteiger partial charge is 0.337 e. The summed E-state index contributed by atoms with van der Waals surface area (Å²) in [6, 6.07) is 14.3. The van der Waals surface area contributed by atoms with E-state index in [1.165, 1.54) is 22.0 Å². The van der Waals surface area contributed by atoms with Gasteiger partial charge in [-0.05, 0) is 42.2 Å². The molecule has 0 saturated heterocycles. The Labute approximate surface area is 205 Å². The van der Waals surface area contributed by atoms with Crippen molar-refractivity contribution in [2.75, 3.05) is 0 Å². The molecule has 2 heterocycles. The van der Waals surface area contributed by atoms with Gasteiger partial charge in [-0.1, -0.05) is 55.8 Å². The number of benzene rings is 2. The lowest BCUT2D eigenvalue weighted by molar-refractivity contribution is 0.0692. The quantitative estimate of drug-likeness (QED) is 0.349. The minimum Gasteiger partial charge on any atom is -0.478 e. The summed E-state index contributed by atoms with van der Waals surface area (Å²) in [5.41, 5.74) is 3.59. The van der Waals surface area contributed by atoms with Gasteiger partial charge in [-0.3, -0.25) is 9.36 Å². The first-order valence-corrected chi connectivity index (χ1v) is 12.1. The van der Waals surface area contributed by atoms with Crippen LogP contribution in [-0.2, 0) is 19.4 Å². The maximum absolute atomic E-state index is 13.9. The van der Waals surface area contributed by atoms with Crippen molar-refractivity contribution in [3.8, 4) is 27.5 Å². The highest BCUT2D eigenvalue weighted by Crippen LogP contribution is 2.31. The summed E-state index contributed by atoms with van der Waals surface area (Å²) in [4.78, 5) is 30.7. The van der Waals surface area contributed by atoms with Crippen LogP contribution >= 0.6 is 22.9 Å². The summed E-state index contributed by atoms with van der Waals surface area (Å²) in [7, 11) is 0. The second-order valence-corrected chi connectivity index (χ2v) is 8.99. The Balaban J connectivity index is 2.01. The number of aromatic nitrogens is 2. The molecule has 6 nitrogen and oxygen atoms in total. The molecule has 34 heavy (non-hydrogen) atoms. The average Bonchev–Trinajstić information content (AvgIpc) is 3.33. The Morgan fingerprint density at radius 1 is 1.09 bits per heavy atom. The number of nitrogens with zero attached hydrogens (tertiary/aromatic N) is 2. The standard InChI is InChI=1S/C26H23ClN2O4S/c1-3-15-6-5-7-16(4-2)23(15)29-22(13-30)19(26(32)33)12-20(25(29)31)24-28-21(14-34-24)17-8-10-18(27)11-9-17/h5-12,14,30H,3-4,13H2,1-2H3,(H,32,33). The van der Waals surface area contributed by atoms with Gasteiger partial charge in [0.15, 0.2) is 0 Å². The van der Waals surface area contributed by atoms with Crippen molar-refractivity contribution in [3.63, 3.8) is 0 Å². The number of hydrogen-bond acceptors (Lipinski definition) is 5. The van der Waals surface area contributed by atoms with Crippen LogP contribution in [0.1, 0.15) is 41.0 Å². The minimum atomic E-state index is -1.22. The van der Waals surface area contributed by atoms with Gasteiger partial charge < -0.3 is 10.2 Å². The van der Waals surface area contributed by atoms with Crippen molar-refractivity contribution in [2.45, 2.75) is 33.3 Å². The Kier molecular flexibility index (Phi) is 6.97. The molecule has 0 amide bonds. The second-order valence-electron chi connectivity index (χ2n) is 7.70. The predicted octanol–water partition coefficient (Wildman–Crippen LogP) is 5.60. The van der Waals surface area contributed by atoms with Crippen LogP contribution in [-0.4, -0.2) is 25.7 Å². The number of halogens is 1. The average molecular weight is 495 g/mol. The molecule has 2 aromatic heterocycles.